The molecule has 0 aromatic rings. The van der Waals surface area contributed by atoms with Gasteiger partial charge in [-0.05, 0) is 46.7 Å². The van der Waals surface area contributed by atoms with Crippen molar-refractivity contribution in [2.24, 2.45) is 0 Å². The largest absolute Gasteiger partial charge is 0.444 e. The highest BCUT2D eigenvalue weighted by molar-refractivity contribution is 7.88. The van der Waals surface area contributed by atoms with Crippen LogP contribution in [0.3, 0.4) is 0 Å². The van der Waals surface area contributed by atoms with Crippen molar-refractivity contribution in [3.05, 3.63) is 0 Å². The van der Waals surface area contributed by atoms with E-state index in [4.69, 9.17) is 4.74 Å². The summed E-state index contributed by atoms with van der Waals surface area (Å²) < 4.78 is 29.3. The number of nitrogens with one attached hydrogen (secondary N) is 2. The van der Waals surface area contributed by atoms with E-state index in [9.17, 15) is 13.2 Å². The second-order valence-electron chi connectivity index (χ2n) is 6.14. The van der Waals surface area contributed by atoms with Crippen molar-refractivity contribution in [1.82, 2.24) is 14.9 Å². The molecule has 8 heteroatoms. The molecule has 0 radical (unpaired) electrons. The number of carbonyl (C=O) groups excluding carboxylic acids is 1. The van der Waals surface area contributed by atoms with E-state index in [1.54, 1.807) is 0 Å². The second kappa shape index (κ2) is 10.0. The molecular formula is C14H31N3O4S. The summed E-state index contributed by atoms with van der Waals surface area (Å²) in [5.74, 6) is 0. The fourth-order valence-electron chi connectivity index (χ4n) is 1.78. The predicted octanol–water partition coefficient (Wildman–Crippen LogP) is 1.16. The first-order valence-electron chi connectivity index (χ1n) is 7.69. The Morgan fingerprint density at radius 1 is 1.14 bits per heavy atom. The van der Waals surface area contributed by atoms with Crippen LogP contribution in [0.4, 0.5) is 4.79 Å². The average Bonchev–Trinajstić information content (AvgIpc) is 2.33. The Morgan fingerprint density at radius 2 is 1.73 bits per heavy atom. The highest BCUT2D eigenvalue weighted by Gasteiger charge is 2.15. The minimum atomic E-state index is -3.10. The summed E-state index contributed by atoms with van der Waals surface area (Å²) in [4.78, 5) is 11.4. The van der Waals surface area contributed by atoms with Crippen molar-refractivity contribution < 1.29 is 17.9 Å². The normalized spacial score (nSPS) is 12.5. The molecule has 0 rings (SSSR count). The first-order valence-corrected chi connectivity index (χ1v) is 9.54. The lowest BCUT2D eigenvalue weighted by molar-refractivity contribution is 0.0527. The van der Waals surface area contributed by atoms with Crippen LogP contribution in [0.5, 0.6) is 0 Å². The Labute approximate surface area is 134 Å². The quantitative estimate of drug-likeness (QED) is 0.584. The van der Waals surface area contributed by atoms with Crippen LogP contribution in [0.15, 0.2) is 0 Å². The summed E-state index contributed by atoms with van der Waals surface area (Å²) in [5.41, 5.74) is -0.479. The predicted molar refractivity (Wildman–Crippen MR) is 88.4 cm³/mol. The van der Waals surface area contributed by atoms with E-state index in [0.29, 0.717) is 19.6 Å². The molecule has 0 aromatic heterocycles. The van der Waals surface area contributed by atoms with E-state index in [0.717, 1.165) is 25.9 Å². The van der Waals surface area contributed by atoms with E-state index >= 15 is 0 Å². The van der Waals surface area contributed by atoms with Gasteiger partial charge in [0.2, 0.25) is 10.0 Å². The molecule has 0 bridgehead atoms. The lowest BCUT2D eigenvalue weighted by Gasteiger charge is -2.19. The third kappa shape index (κ3) is 11.8. The zero-order chi connectivity index (χ0) is 17.2. The third-order valence-corrected chi connectivity index (χ3v) is 4.16. The Kier molecular flexibility index (Phi) is 9.63. The van der Waals surface area contributed by atoms with E-state index in [2.05, 4.69) is 10.6 Å². The van der Waals surface area contributed by atoms with Gasteiger partial charge >= 0.3 is 6.09 Å². The van der Waals surface area contributed by atoms with Crippen LogP contribution >= 0.6 is 0 Å². The molecule has 0 heterocycles. The van der Waals surface area contributed by atoms with Gasteiger partial charge in [-0.25, -0.2) is 17.5 Å². The van der Waals surface area contributed by atoms with Gasteiger partial charge in [-0.3, -0.25) is 0 Å². The van der Waals surface area contributed by atoms with Gasteiger partial charge in [0.15, 0.2) is 0 Å². The van der Waals surface area contributed by atoms with Crippen molar-refractivity contribution in [3.8, 4) is 0 Å². The molecule has 0 spiro atoms. The molecule has 0 fully saturated rings. The lowest BCUT2D eigenvalue weighted by Crippen LogP contribution is -2.34. The van der Waals surface area contributed by atoms with Gasteiger partial charge in [0.25, 0.3) is 0 Å². The van der Waals surface area contributed by atoms with Gasteiger partial charge in [0.1, 0.15) is 5.60 Å². The second-order valence-corrected chi connectivity index (χ2v) is 8.12. The minimum absolute atomic E-state index is 0.403. The summed E-state index contributed by atoms with van der Waals surface area (Å²) in [6.45, 7) is 10.4. The number of amides is 1. The molecule has 0 saturated carbocycles. The Bertz CT molecular complexity index is 418. The molecule has 2 N–H and O–H groups in total. The van der Waals surface area contributed by atoms with Crippen LogP contribution < -0.4 is 10.6 Å². The maximum Gasteiger partial charge on any atom is 0.407 e. The van der Waals surface area contributed by atoms with Crippen LogP contribution in [0.2, 0.25) is 0 Å². The highest BCUT2D eigenvalue weighted by atomic mass is 32.2. The molecule has 0 atom stereocenters. The van der Waals surface area contributed by atoms with Gasteiger partial charge in [0, 0.05) is 19.6 Å². The summed E-state index contributed by atoms with van der Waals surface area (Å²) in [6.07, 6.45) is 2.38. The molecule has 0 aliphatic carbocycles. The number of hydrogen-bond donors (Lipinski definition) is 2. The number of sulfonamides is 1. The maximum absolute atomic E-state index is 11.4. The Morgan fingerprint density at radius 3 is 2.23 bits per heavy atom. The first kappa shape index (κ1) is 21.1. The lowest BCUT2D eigenvalue weighted by atomic mass is 10.2. The zero-order valence-corrected chi connectivity index (χ0v) is 15.3. The third-order valence-electron chi connectivity index (χ3n) is 2.78. The fraction of sp³-hybridized carbons (Fsp3) is 0.929. The van der Waals surface area contributed by atoms with Gasteiger partial charge in [-0.15, -0.1) is 0 Å². The number of rotatable bonds is 10. The van der Waals surface area contributed by atoms with Crippen molar-refractivity contribution in [2.45, 2.75) is 46.1 Å². The van der Waals surface area contributed by atoms with Crippen molar-refractivity contribution in [3.63, 3.8) is 0 Å². The Balaban J connectivity index is 3.57. The summed E-state index contributed by atoms with van der Waals surface area (Å²) in [6, 6.07) is 0. The number of nitrogens with zero attached hydrogens (tertiary/aromatic N) is 1. The molecule has 0 saturated heterocycles. The highest BCUT2D eigenvalue weighted by Crippen LogP contribution is 2.06. The molecule has 0 aromatic carbocycles. The molecule has 0 aliphatic heterocycles. The van der Waals surface area contributed by atoms with Crippen molar-refractivity contribution in [1.29, 1.82) is 0 Å². The first-order chi connectivity index (χ1) is 10.1. The zero-order valence-electron chi connectivity index (χ0n) is 14.4. The number of hydrogen-bond acceptors (Lipinski definition) is 5. The molecule has 0 aliphatic rings. The molecule has 22 heavy (non-hydrogen) atoms. The van der Waals surface area contributed by atoms with Crippen molar-refractivity contribution in [2.75, 3.05) is 39.0 Å². The van der Waals surface area contributed by atoms with Gasteiger partial charge in [0.05, 0.1) is 6.26 Å². The number of alkyl carbamates (subject to hydrolysis) is 1. The van der Waals surface area contributed by atoms with Crippen LogP contribution in [0.25, 0.3) is 0 Å². The Hall–Kier alpha value is -0.860. The molecular weight excluding hydrogens is 306 g/mol. The van der Waals surface area contributed by atoms with Gasteiger partial charge in [-0.2, -0.15) is 0 Å². The fourth-order valence-corrected chi connectivity index (χ4v) is 2.71. The smallest absolute Gasteiger partial charge is 0.407 e. The minimum Gasteiger partial charge on any atom is -0.444 e. The van der Waals surface area contributed by atoms with Crippen LogP contribution in [0, 0.1) is 0 Å². The number of carbonyl (C=O) groups is 1. The molecule has 1 amide bonds. The van der Waals surface area contributed by atoms with Crippen LogP contribution in [-0.2, 0) is 14.8 Å². The van der Waals surface area contributed by atoms with E-state index in [1.807, 2.05) is 27.7 Å². The SMILES string of the molecule is CCN(CCCNCCCNC(=O)OC(C)(C)C)S(C)(=O)=O. The van der Waals surface area contributed by atoms with E-state index < -0.39 is 21.7 Å². The molecule has 132 valence electrons. The number of ether oxygens (including phenoxy) is 1. The summed E-state index contributed by atoms with van der Waals surface area (Å²) in [7, 11) is -3.10. The summed E-state index contributed by atoms with van der Waals surface area (Å²) in [5, 5.41) is 5.91. The van der Waals surface area contributed by atoms with Crippen LogP contribution in [0.1, 0.15) is 40.5 Å². The molecule has 7 nitrogen and oxygen atoms in total. The summed E-state index contributed by atoms with van der Waals surface area (Å²) >= 11 is 0. The van der Waals surface area contributed by atoms with Gasteiger partial charge < -0.3 is 15.4 Å². The monoisotopic (exact) mass is 337 g/mol. The van der Waals surface area contributed by atoms with E-state index in [1.165, 1.54) is 10.6 Å². The van der Waals surface area contributed by atoms with Gasteiger partial charge in [-0.1, -0.05) is 6.92 Å². The standard InChI is InChI=1S/C14H31N3O4S/c1-6-17(22(5,19)20)12-8-10-15-9-7-11-16-13(18)21-14(2,3)4/h15H,6-12H2,1-5H3,(H,16,18). The van der Waals surface area contributed by atoms with Crippen LogP contribution in [-0.4, -0.2) is 63.4 Å². The average molecular weight is 337 g/mol. The maximum atomic E-state index is 11.4. The van der Waals surface area contributed by atoms with E-state index in [-0.39, 0.29) is 0 Å². The molecule has 0 unspecified atom stereocenters. The topological polar surface area (TPSA) is 87.7 Å². The van der Waals surface area contributed by atoms with Crippen molar-refractivity contribution >= 4 is 16.1 Å².